The van der Waals surface area contributed by atoms with Crippen molar-refractivity contribution < 1.29 is 19.1 Å². The Morgan fingerprint density at radius 2 is 1.79 bits per heavy atom. The molecular formula is C27H27N3O4. The topological polar surface area (TPSA) is 80.8 Å². The van der Waals surface area contributed by atoms with Gasteiger partial charge in [-0.15, -0.1) is 0 Å². The predicted octanol–water partition coefficient (Wildman–Crippen LogP) is 4.58. The van der Waals surface area contributed by atoms with Crippen LogP contribution in [-0.2, 0) is 16.1 Å². The number of hydrogen-bond donors (Lipinski definition) is 1. The zero-order valence-corrected chi connectivity index (χ0v) is 19.5. The summed E-state index contributed by atoms with van der Waals surface area (Å²) in [4.78, 5) is 32.5. The number of methoxy groups -OCH3 is 1. The first-order chi connectivity index (χ1) is 16.5. The third-order valence-electron chi connectivity index (χ3n) is 5.44. The van der Waals surface area contributed by atoms with E-state index in [0.29, 0.717) is 40.6 Å². The highest BCUT2D eigenvalue weighted by Gasteiger charge is 2.39. The van der Waals surface area contributed by atoms with Crippen LogP contribution in [0, 0.1) is 6.92 Å². The number of aromatic nitrogens is 1. The Hall–Kier alpha value is -4.13. The Balaban J connectivity index is 1.74. The lowest BCUT2D eigenvalue weighted by Gasteiger charge is -2.15. The van der Waals surface area contributed by atoms with Crippen molar-refractivity contribution in [2.24, 2.45) is 0 Å². The second-order valence-corrected chi connectivity index (χ2v) is 7.97. The number of nitrogens with zero attached hydrogens (tertiary/aromatic N) is 2. The Morgan fingerprint density at radius 3 is 2.47 bits per heavy atom. The van der Waals surface area contributed by atoms with E-state index in [1.807, 2.05) is 50.2 Å². The van der Waals surface area contributed by atoms with Crippen molar-refractivity contribution in [3.63, 3.8) is 0 Å². The van der Waals surface area contributed by atoms with Crippen molar-refractivity contribution in [2.45, 2.75) is 26.8 Å². The maximum Gasteiger partial charge on any atom is 0.278 e. The molecule has 0 fully saturated rings. The molecule has 0 atom stereocenters. The first kappa shape index (κ1) is 23.0. The molecule has 2 heterocycles. The molecule has 1 aliphatic rings. The number of ether oxygens (including phenoxy) is 2. The van der Waals surface area contributed by atoms with Gasteiger partial charge in [0.25, 0.3) is 11.8 Å². The third-order valence-corrected chi connectivity index (χ3v) is 5.44. The summed E-state index contributed by atoms with van der Waals surface area (Å²) in [7, 11) is 1.56. The number of anilines is 1. The van der Waals surface area contributed by atoms with Crippen molar-refractivity contribution in [1.82, 2.24) is 9.88 Å². The molecule has 1 aliphatic heterocycles. The van der Waals surface area contributed by atoms with Crippen LogP contribution in [0.5, 0.6) is 11.5 Å². The molecule has 0 saturated heterocycles. The van der Waals surface area contributed by atoms with Crippen molar-refractivity contribution in [1.29, 1.82) is 0 Å². The molecule has 0 spiro atoms. The number of pyridine rings is 1. The van der Waals surface area contributed by atoms with E-state index in [2.05, 4.69) is 10.3 Å². The second-order valence-electron chi connectivity index (χ2n) is 7.97. The summed E-state index contributed by atoms with van der Waals surface area (Å²) in [5.41, 5.74) is 3.35. The molecule has 4 rings (SSSR count). The molecule has 7 heteroatoms. The highest BCUT2D eigenvalue weighted by atomic mass is 16.5. The molecule has 1 N–H and O–H groups in total. The van der Waals surface area contributed by atoms with Crippen LogP contribution in [0.1, 0.15) is 30.2 Å². The largest absolute Gasteiger partial charge is 0.495 e. The third kappa shape index (κ3) is 4.78. The molecular weight excluding hydrogens is 430 g/mol. The number of nitrogens with one attached hydrogen (secondary N) is 1. The summed E-state index contributed by atoms with van der Waals surface area (Å²) in [5, 5.41) is 3.19. The van der Waals surface area contributed by atoms with Gasteiger partial charge in [0.1, 0.15) is 17.2 Å². The summed E-state index contributed by atoms with van der Waals surface area (Å²) in [5.74, 6) is 0.486. The number of hydrogen-bond acceptors (Lipinski definition) is 6. The molecule has 7 nitrogen and oxygen atoms in total. The fourth-order valence-electron chi connectivity index (χ4n) is 3.75. The van der Waals surface area contributed by atoms with Crippen LogP contribution in [0.15, 0.2) is 72.6 Å². The van der Waals surface area contributed by atoms with Crippen LogP contribution in [0.4, 0.5) is 5.69 Å². The van der Waals surface area contributed by atoms with E-state index in [-0.39, 0.29) is 18.1 Å². The predicted molar refractivity (Wildman–Crippen MR) is 130 cm³/mol. The smallest absolute Gasteiger partial charge is 0.278 e. The van der Waals surface area contributed by atoms with Gasteiger partial charge in [0.15, 0.2) is 0 Å². The average Bonchev–Trinajstić information content (AvgIpc) is 3.08. The number of carbonyl (C=O) groups excluding carboxylic acids is 2. The zero-order chi connectivity index (χ0) is 24.1. The van der Waals surface area contributed by atoms with Crippen LogP contribution in [0.2, 0.25) is 0 Å². The lowest BCUT2D eigenvalue weighted by molar-refractivity contribution is -0.137. The molecule has 0 aliphatic carbocycles. The number of amides is 2. The molecule has 0 saturated carbocycles. The van der Waals surface area contributed by atoms with Gasteiger partial charge >= 0.3 is 0 Å². The van der Waals surface area contributed by atoms with Crippen molar-refractivity contribution >= 4 is 23.1 Å². The standard InChI is InChI=1S/C27H27N3O4/c1-4-15-34-21-11-9-19(10-12-21)24-25(29-22-16-18(2)8-13-23(22)33-3)27(32)30(26(24)31)17-20-7-5-6-14-28-20/h5-14,16,29H,4,15,17H2,1-3H3. The molecule has 2 amide bonds. The highest BCUT2D eigenvalue weighted by Crippen LogP contribution is 2.35. The minimum Gasteiger partial charge on any atom is -0.495 e. The Labute approximate surface area is 199 Å². The Bertz CT molecular complexity index is 1220. The maximum absolute atomic E-state index is 13.5. The van der Waals surface area contributed by atoms with Gasteiger partial charge in [0.2, 0.25) is 0 Å². The Kier molecular flexibility index (Phi) is 6.92. The van der Waals surface area contributed by atoms with Gasteiger partial charge in [-0.1, -0.05) is 31.2 Å². The van der Waals surface area contributed by atoms with Gasteiger partial charge in [0, 0.05) is 6.20 Å². The summed E-state index contributed by atoms with van der Waals surface area (Å²) < 4.78 is 11.1. The summed E-state index contributed by atoms with van der Waals surface area (Å²) >= 11 is 0. The number of aryl methyl sites for hydroxylation is 1. The number of imide groups is 1. The summed E-state index contributed by atoms with van der Waals surface area (Å²) in [6, 6.07) is 18.2. The molecule has 174 valence electrons. The molecule has 0 unspecified atom stereocenters. The van der Waals surface area contributed by atoms with Crippen molar-refractivity contribution in [3.8, 4) is 11.5 Å². The van der Waals surface area contributed by atoms with Gasteiger partial charge in [-0.25, -0.2) is 0 Å². The lowest BCUT2D eigenvalue weighted by Crippen LogP contribution is -2.32. The van der Waals surface area contributed by atoms with Crippen LogP contribution in [0.25, 0.3) is 5.57 Å². The van der Waals surface area contributed by atoms with E-state index >= 15 is 0 Å². The lowest BCUT2D eigenvalue weighted by atomic mass is 10.0. The van der Waals surface area contributed by atoms with Crippen molar-refractivity contribution in [2.75, 3.05) is 19.0 Å². The van der Waals surface area contributed by atoms with Crippen LogP contribution in [-0.4, -0.2) is 35.4 Å². The molecule has 34 heavy (non-hydrogen) atoms. The monoisotopic (exact) mass is 457 g/mol. The summed E-state index contributed by atoms with van der Waals surface area (Å²) in [6.45, 7) is 4.67. The van der Waals surface area contributed by atoms with E-state index in [1.165, 1.54) is 4.90 Å². The number of rotatable bonds is 9. The normalized spacial score (nSPS) is 13.4. The molecule has 1 aromatic heterocycles. The van der Waals surface area contributed by atoms with Crippen molar-refractivity contribution in [3.05, 3.63) is 89.4 Å². The number of benzene rings is 2. The van der Waals surface area contributed by atoms with Gasteiger partial charge in [-0.2, -0.15) is 0 Å². The van der Waals surface area contributed by atoms with Crippen LogP contribution >= 0.6 is 0 Å². The Morgan fingerprint density at radius 1 is 1.00 bits per heavy atom. The van der Waals surface area contributed by atoms with Crippen LogP contribution < -0.4 is 14.8 Å². The van der Waals surface area contributed by atoms with Gasteiger partial charge in [-0.05, 0) is 60.9 Å². The van der Waals surface area contributed by atoms with E-state index in [9.17, 15) is 9.59 Å². The van der Waals surface area contributed by atoms with Gasteiger partial charge < -0.3 is 14.8 Å². The first-order valence-electron chi connectivity index (χ1n) is 11.2. The van der Waals surface area contributed by atoms with E-state index < -0.39 is 5.91 Å². The van der Waals surface area contributed by atoms with Gasteiger partial charge in [0.05, 0.1) is 37.2 Å². The molecule has 0 radical (unpaired) electrons. The van der Waals surface area contributed by atoms with Gasteiger partial charge in [-0.3, -0.25) is 19.5 Å². The first-order valence-corrected chi connectivity index (χ1v) is 11.2. The summed E-state index contributed by atoms with van der Waals surface area (Å²) in [6.07, 6.45) is 2.54. The van der Waals surface area contributed by atoms with E-state index in [1.54, 1.807) is 37.6 Å². The van der Waals surface area contributed by atoms with E-state index in [0.717, 1.165) is 12.0 Å². The molecule has 0 bridgehead atoms. The molecule has 2 aromatic carbocycles. The average molecular weight is 458 g/mol. The maximum atomic E-state index is 13.5. The fourth-order valence-corrected chi connectivity index (χ4v) is 3.75. The minimum absolute atomic E-state index is 0.0792. The minimum atomic E-state index is -0.416. The number of carbonyl (C=O) groups is 2. The SMILES string of the molecule is CCCOc1ccc(C2=C(Nc3cc(C)ccc3OC)C(=O)N(Cc3ccccn3)C2=O)cc1. The quantitative estimate of drug-likeness (QED) is 0.474. The highest BCUT2D eigenvalue weighted by molar-refractivity contribution is 6.36. The molecule has 3 aromatic rings. The van der Waals surface area contributed by atoms with E-state index in [4.69, 9.17) is 9.47 Å². The zero-order valence-electron chi connectivity index (χ0n) is 19.5. The second kappa shape index (κ2) is 10.2. The fraction of sp³-hybridized carbons (Fsp3) is 0.222. The van der Waals surface area contributed by atoms with Crippen LogP contribution in [0.3, 0.4) is 0 Å².